The van der Waals surface area contributed by atoms with E-state index in [1.165, 1.54) is 6.20 Å². The lowest BCUT2D eigenvalue weighted by Gasteiger charge is -2.38. The first-order valence-corrected chi connectivity index (χ1v) is 5.76. The first kappa shape index (κ1) is 12.3. The molecule has 2 rings (SSSR count). The van der Waals surface area contributed by atoms with Crippen molar-refractivity contribution in [1.29, 1.82) is 0 Å². The predicted octanol–water partition coefficient (Wildman–Crippen LogP) is 0.298. The molecule has 1 aliphatic heterocycles. The molecule has 2 unspecified atom stereocenters. The van der Waals surface area contributed by atoms with Crippen molar-refractivity contribution in [1.82, 2.24) is 9.97 Å². The molecule has 1 aromatic heterocycles. The number of morpholine rings is 1. The minimum absolute atomic E-state index is 0.0259. The SMILES string of the molecule is CC1COC(CO)CN1c1nc(Cl)ncc1N. The number of aliphatic hydroxyl groups is 1. The van der Waals surface area contributed by atoms with E-state index in [9.17, 15) is 0 Å². The van der Waals surface area contributed by atoms with E-state index in [4.69, 9.17) is 27.2 Å². The van der Waals surface area contributed by atoms with E-state index in [2.05, 4.69) is 9.97 Å². The van der Waals surface area contributed by atoms with Crippen molar-refractivity contribution in [3.63, 3.8) is 0 Å². The third-order valence-corrected chi connectivity index (χ3v) is 2.93. The minimum Gasteiger partial charge on any atom is -0.394 e. The Morgan fingerprint density at radius 1 is 1.71 bits per heavy atom. The number of hydrogen-bond donors (Lipinski definition) is 2. The number of nitrogen functional groups attached to an aromatic ring is 1. The number of anilines is 2. The van der Waals surface area contributed by atoms with Crippen LogP contribution in [0.3, 0.4) is 0 Å². The van der Waals surface area contributed by atoms with E-state index < -0.39 is 0 Å². The summed E-state index contributed by atoms with van der Waals surface area (Å²) in [5, 5.41) is 9.28. The van der Waals surface area contributed by atoms with E-state index in [-0.39, 0.29) is 24.0 Å². The highest BCUT2D eigenvalue weighted by molar-refractivity contribution is 6.28. The van der Waals surface area contributed by atoms with Gasteiger partial charge in [0.2, 0.25) is 5.28 Å². The van der Waals surface area contributed by atoms with Crippen LogP contribution in [0.1, 0.15) is 6.92 Å². The summed E-state index contributed by atoms with van der Waals surface area (Å²) >= 11 is 5.77. The Hall–Kier alpha value is -1.11. The van der Waals surface area contributed by atoms with Gasteiger partial charge in [-0.15, -0.1) is 0 Å². The van der Waals surface area contributed by atoms with Crippen LogP contribution >= 0.6 is 11.6 Å². The summed E-state index contributed by atoms with van der Waals surface area (Å²) in [7, 11) is 0. The van der Waals surface area contributed by atoms with Crippen LogP contribution in [0.2, 0.25) is 5.28 Å². The van der Waals surface area contributed by atoms with Crippen LogP contribution in [0.15, 0.2) is 6.20 Å². The highest BCUT2D eigenvalue weighted by Gasteiger charge is 2.28. The van der Waals surface area contributed by atoms with Crippen LogP contribution in [0.4, 0.5) is 11.5 Å². The maximum absolute atomic E-state index is 9.12. The van der Waals surface area contributed by atoms with Gasteiger partial charge in [-0.25, -0.2) is 4.98 Å². The molecule has 17 heavy (non-hydrogen) atoms. The van der Waals surface area contributed by atoms with Crippen LogP contribution in [0.5, 0.6) is 0 Å². The maximum Gasteiger partial charge on any atom is 0.224 e. The Kier molecular flexibility index (Phi) is 3.66. The van der Waals surface area contributed by atoms with Gasteiger partial charge in [-0.3, -0.25) is 0 Å². The topological polar surface area (TPSA) is 84.5 Å². The highest BCUT2D eigenvalue weighted by Crippen LogP contribution is 2.25. The number of nitrogens with two attached hydrogens (primary N) is 1. The van der Waals surface area contributed by atoms with Crippen LogP contribution in [-0.4, -0.2) is 47.0 Å². The van der Waals surface area contributed by atoms with Crippen molar-refractivity contribution in [2.24, 2.45) is 0 Å². The minimum atomic E-state index is -0.223. The Morgan fingerprint density at radius 2 is 2.47 bits per heavy atom. The van der Waals surface area contributed by atoms with Gasteiger partial charge < -0.3 is 20.5 Å². The van der Waals surface area contributed by atoms with Gasteiger partial charge in [0.05, 0.1) is 37.2 Å². The average Bonchev–Trinajstić information content (AvgIpc) is 2.33. The largest absolute Gasteiger partial charge is 0.394 e. The molecule has 0 amide bonds. The monoisotopic (exact) mass is 258 g/mol. The molecule has 0 radical (unpaired) electrons. The van der Waals surface area contributed by atoms with Gasteiger partial charge in [0.15, 0.2) is 5.82 Å². The molecule has 1 aromatic rings. The average molecular weight is 259 g/mol. The molecular weight excluding hydrogens is 244 g/mol. The molecule has 6 nitrogen and oxygen atoms in total. The van der Waals surface area contributed by atoms with Gasteiger partial charge in [0.1, 0.15) is 0 Å². The number of halogens is 1. The van der Waals surface area contributed by atoms with E-state index >= 15 is 0 Å². The second kappa shape index (κ2) is 5.03. The molecule has 0 aromatic carbocycles. The predicted molar refractivity (Wildman–Crippen MR) is 65.1 cm³/mol. The Bertz CT molecular complexity index is 404. The normalized spacial score (nSPS) is 25.0. The van der Waals surface area contributed by atoms with Gasteiger partial charge in [0.25, 0.3) is 0 Å². The number of rotatable bonds is 2. The number of aliphatic hydroxyl groups excluding tert-OH is 1. The Labute approximate surface area is 104 Å². The molecule has 1 saturated heterocycles. The molecule has 94 valence electrons. The summed E-state index contributed by atoms with van der Waals surface area (Å²) in [6, 6.07) is 0.131. The number of ether oxygens (including phenoxy) is 1. The third kappa shape index (κ3) is 2.59. The molecule has 3 N–H and O–H groups in total. The van der Waals surface area contributed by atoms with Gasteiger partial charge in [-0.05, 0) is 18.5 Å². The summed E-state index contributed by atoms with van der Waals surface area (Å²) in [5.74, 6) is 0.597. The molecule has 0 bridgehead atoms. The molecule has 2 atom stereocenters. The highest BCUT2D eigenvalue weighted by atomic mass is 35.5. The molecule has 7 heteroatoms. The lowest BCUT2D eigenvalue weighted by molar-refractivity contribution is -0.0105. The first-order valence-electron chi connectivity index (χ1n) is 5.39. The van der Waals surface area contributed by atoms with E-state index in [1.807, 2.05) is 11.8 Å². The fourth-order valence-corrected chi connectivity index (χ4v) is 1.94. The molecular formula is C10H15ClN4O2. The van der Waals surface area contributed by atoms with Crippen molar-refractivity contribution in [3.8, 4) is 0 Å². The summed E-state index contributed by atoms with van der Waals surface area (Å²) in [6.07, 6.45) is 1.26. The zero-order valence-corrected chi connectivity index (χ0v) is 10.3. The van der Waals surface area contributed by atoms with E-state index in [1.54, 1.807) is 0 Å². The smallest absolute Gasteiger partial charge is 0.224 e. The van der Waals surface area contributed by atoms with Gasteiger partial charge in [-0.2, -0.15) is 4.98 Å². The molecule has 0 aliphatic carbocycles. The Balaban J connectivity index is 2.27. The van der Waals surface area contributed by atoms with Crippen LogP contribution < -0.4 is 10.6 Å². The molecule has 1 fully saturated rings. The lowest BCUT2D eigenvalue weighted by atomic mass is 10.2. The summed E-state index contributed by atoms with van der Waals surface area (Å²) in [4.78, 5) is 9.93. The number of aromatic nitrogens is 2. The van der Waals surface area contributed by atoms with Gasteiger partial charge in [-0.1, -0.05) is 0 Å². The third-order valence-electron chi connectivity index (χ3n) is 2.75. The zero-order chi connectivity index (χ0) is 12.4. The second-order valence-corrected chi connectivity index (χ2v) is 4.40. The fourth-order valence-electron chi connectivity index (χ4n) is 1.81. The van der Waals surface area contributed by atoms with Crippen molar-refractivity contribution in [2.75, 3.05) is 30.4 Å². The van der Waals surface area contributed by atoms with E-state index in [0.717, 1.165) is 0 Å². The van der Waals surface area contributed by atoms with Crippen molar-refractivity contribution in [3.05, 3.63) is 11.5 Å². The lowest BCUT2D eigenvalue weighted by Crippen LogP contribution is -2.50. The van der Waals surface area contributed by atoms with Gasteiger partial charge >= 0.3 is 0 Å². The number of hydrogen-bond acceptors (Lipinski definition) is 6. The Morgan fingerprint density at radius 3 is 3.18 bits per heavy atom. The maximum atomic E-state index is 9.12. The summed E-state index contributed by atoms with van der Waals surface area (Å²) in [6.45, 7) is 3.03. The second-order valence-electron chi connectivity index (χ2n) is 4.06. The molecule has 0 saturated carbocycles. The number of nitrogens with zero attached hydrogens (tertiary/aromatic N) is 3. The standard InChI is InChI=1S/C10H15ClN4O2/c1-6-5-17-7(4-16)3-15(6)9-8(12)2-13-10(11)14-9/h2,6-7,16H,3-5,12H2,1H3. The molecule has 2 heterocycles. The van der Waals surface area contributed by atoms with Crippen molar-refractivity contribution >= 4 is 23.1 Å². The van der Waals surface area contributed by atoms with Crippen LogP contribution in [0.25, 0.3) is 0 Å². The zero-order valence-electron chi connectivity index (χ0n) is 9.51. The molecule has 1 aliphatic rings. The summed E-state index contributed by atoms with van der Waals surface area (Å²) < 4.78 is 5.45. The van der Waals surface area contributed by atoms with Crippen molar-refractivity contribution < 1.29 is 9.84 Å². The summed E-state index contributed by atoms with van der Waals surface area (Å²) in [5.41, 5.74) is 6.31. The molecule has 0 spiro atoms. The van der Waals surface area contributed by atoms with Crippen LogP contribution in [-0.2, 0) is 4.74 Å². The first-order chi connectivity index (χ1) is 8.11. The fraction of sp³-hybridized carbons (Fsp3) is 0.600. The quantitative estimate of drug-likeness (QED) is 0.742. The van der Waals surface area contributed by atoms with Crippen molar-refractivity contribution in [2.45, 2.75) is 19.1 Å². The van der Waals surface area contributed by atoms with E-state index in [0.29, 0.717) is 24.7 Å². The van der Waals surface area contributed by atoms with Gasteiger partial charge in [0, 0.05) is 6.54 Å². The van der Waals surface area contributed by atoms with Crippen LogP contribution in [0, 0.1) is 0 Å².